The van der Waals surface area contributed by atoms with E-state index in [0.29, 0.717) is 17.1 Å². The average Bonchev–Trinajstić information content (AvgIpc) is 3.44. The monoisotopic (exact) mass is 402 g/mol. The number of non-ortho nitro benzene ring substituents is 1. The number of amides is 1. The molecule has 0 fully saturated rings. The summed E-state index contributed by atoms with van der Waals surface area (Å²) >= 11 is 0. The molecule has 0 saturated heterocycles. The molecule has 1 atom stereocenters. The van der Waals surface area contributed by atoms with E-state index < -0.39 is 4.92 Å². The minimum atomic E-state index is -0.476. The minimum absolute atomic E-state index is 0.0409. The molecule has 8 heteroatoms. The molecule has 1 amide bonds. The topological polar surface area (TPSA) is 103 Å². The Bertz CT molecular complexity index is 1170. The molecular weight excluding hydrogens is 384 g/mol. The summed E-state index contributed by atoms with van der Waals surface area (Å²) in [6, 6.07) is 20.4. The van der Waals surface area contributed by atoms with Gasteiger partial charge in [0.2, 0.25) is 0 Å². The first-order chi connectivity index (χ1) is 14.5. The van der Waals surface area contributed by atoms with E-state index in [2.05, 4.69) is 10.4 Å². The van der Waals surface area contributed by atoms with Gasteiger partial charge in [0.15, 0.2) is 5.76 Å². The van der Waals surface area contributed by atoms with E-state index in [1.54, 1.807) is 30.3 Å². The van der Waals surface area contributed by atoms with E-state index in [0.717, 1.165) is 5.56 Å². The van der Waals surface area contributed by atoms with Crippen LogP contribution in [0, 0.1) is 10.1 Å². The molecular formula is C22H18N4O4. The number of benzene rings is 2. The summed E-state index contributed by atoms with van der Waals surface area (Å²) in [5, 5.41) is 18.4. The third-order valence-corrected chi connectivity index (χ3v) is 4.67. The molecule has 1 N–H and O–H groups in total. The summed E-state index contributed by atoms with van der Waals surface area (Å²) in [7, 11) is 0. The van der Waals surface area contributed by atoms with E-state index >= 15 is 0 Å². The predicted molar refractivity (Wildman–Crippen MR) is 110 cm³/mol. The zero-order valence-electron chi connectivity index (χ0n) is 16.1. The number of aromatic nitrogens is 2. The van der Waals surface area contributed by atoms with Gasteiger partial charge in [0.25, 0.3) is 11.6 Å². The summed E-state index contributed by atoms with van der Waals surface area (Å²) in [4.78, 5) is 23.5. The van der Waals surface area contributed by atoms with E-state index in [9.17, 15) is 14.9 Å². The van der Waals surface area contributed by atoms with Gasteiger partial charge in [-0.15, -0.1) is 0 Å². The molecule has 8 nitrogen and oxygen atoms in total. The lowest BCUT2D eigenvalue weighted by molar-refractivity contribution is -0.384. The van der Waals surface area contributed by atoms with Crippen LogP contribution in [0.25, 0.3) is 17.1 Å². The van der Waals surface area contributed by atoms with Crippen molar-refractivity contribution in [2.75, 3.05) is 0 Å². The van der Waals surface area contributed by atoms with Gasteiger partial charge in [-0.3, -0.25) is 14.9 Å². The van der Waals surface area contributed by atoms with Gasteiger partial charge in [0, 0.05) is 18.2 Å². The van der Waals surface area contributed by atoms with Crippen LogP contribution < -0.4 is 5.32 Å². The Morgan fingerprint density at radius 2 is 1.83 bits per heavy atom. The van der Waals surface area contributed by atoms with Crippen molar-refractivity contribution in [1.29, 1.82) is 0 Å². The molecule has 4 aromatic rings. The molecule has 0 spiro atoms. The lowest BCUT2D eigenvalue weighted by atomic mass is 10.1. The first kappa shape index (κ1) is 19.1. The second-order valence-electron chi connectivity index (χ2n) is 6.68. The Morgan fingerprint density at radius 1 is 1.10 bits per heavy atom. The van der Waals surface area contributed by atoms with Gasteiger partial charge in [-0.2, -0.15) is 5.10 Å². The van der Waals surface area contributed by atoms with E-state index in [4.69, 9.17) is 4.42 Å². The summed E-state index contributed by atoms with van der Waals surface area (Å²) in [6.07, 6.45) is 1.53. The Balaban J connectivity index is 1.70. The molecule has 0 aliphatic carbocycles. The van der Waals surface area contributed by atoms with Crippen LogP contribution in [-0.4, -0.2) is 20.6 Å². The standard InChI is InChI=1S/C22H18N4O4/c1-15(16-6-3-2-4-7-16)23-22(27)20-14-19(21-8-5-13-30-21)24-25(20)17-9-11-18(12-10-17)26(28)29/h2-15H,1H3,(H,23,27). The summed E-state index contributed by atoms with van der Waals surface area (Å²) < 4.78 is 6.86. The van der Waals surface area contributed by atoms with Gasteiger partial charge in [-0.05, 0) is 36.8 Å². The molecule has 0 saturated carbocycles. The highest BCUT2D eigenvalue weighted by Crippen LogP contribution is 2.24. The van der Waals surface area contributed by atoms with Crippen LogP contribution >= 0.6 is 0 Å². The second-order valence-corrected chi connectivity index (χ2v) is 6.68. The highest BCUT2D eigenvalue weighted by Gasteiger charge is 2.21. The molecule has 30 heavy (non-hydrogen) atoms. The van der Waals surface area contributed by atoms with Gasteiger partial charge < -0.3 is 9.73 Å². The fourth-order valence-corrected chi connectivity index (χ4v) is 3.10. The third kappa shape index (κ3) is 3.83. The van der Waals surface area contributed by atoms with Crippen LogP contribution in [0.4, 0.5) is 5.69 Å². The predicted octanol–water partition coefficient (Wildman–Crippen LogP) is 4.53. The molecule has 2 aromatic heterocycles. The smallest absolute Gasteiger partial charge is 0.270 e. The number of nitro groups is 1. The number of nitro benzene ring substituents is 1. The number of hydrogen-bond acceptors (Lipinski definition) is 5. The first-order valence-corrected chi connectivity index (χ1v) is 9.27. The zero-order chi connectivity index (χ0) is 21.1. The van der Waals surface area contributed by atoms with Gasteiger partial charge in [-0.25, -0.2) is 4.68 Å². The Hall–Kier alpha value is -4.20. The van der Waals surface area contributed by atoms with Crippen LogP contribution in [0.15, 0.2) is 83.5 Å². The lowest BCUT2D eigenvalue weighted by Gasteiger charge is -2.15. The van der Waals surface area contributed by atoms with Crippen molar-refractivity contribution in [2.24, 2.45) is 0 Å². The highest BCUT2D eigenvalue weighted by atomic mass is 16.6. The van der Waals surface area contributed by atoms with Gasteiger partial charge in [0.1, 0.15) is 11.4 Å². The fraction of sp³-hybridized carbons (Fsp3) is 0.0909. The van der Waals surface area contributed by atoms with Crippen molar-refractivity contribution in [1.82, 2.24) is 15.1 Å². The van der Waals surface area contributed by atoms with Crippen LogP contribution in [0.3, 0.4) is 0 Å². The first-order valence-electron chi connectivity index (χ1n) is 9.27. The average molecular weight is 402 g/mol. The molecule has 150 valence electrons. The zero-order valence-corrected chi connectivity index (χ0v) is 16.1. The van der Waals surface area contributed by atoms with Crippen molar-refractivity contribution in [3.8, 4) is 17.1 Å². The number of nitrogens with one attached hydrogen (secondary N) is 1. The van der Waals surface area contributed by atoms with Crippen LogP contribution in [-0.2, 0) is 0 Å². The van der Waals surface area contributed by atoms with Crippen molar-refractivity contribution >= 4 is 11.6 Å². The summed E-state index contributed by atoms with van der Waals surface area (Å²) in [5.41, 5.74) is 2.23. The maximum Gasteiger partial charge on any atom is 0.270 e. The Morgan fingerprint density at radius 3 is 2.47 bits per heavy atom. The van der Waals surface area contributed by atoms with Gasteiger partial charge in [-0.1, -0.05) is 30.3 Å². The van der Waals surface area contributed by atoms with Crippen molar-refractivity contribution in [3.63, 3.8) is 0 Å². The molecule has 0 radical (unpaired) electrons. The molecule has 2 heterocycles. The molecule has 4 rings (SSSR count). The van der Waals surface area contributed by atoms with Crippen molar-refractivity contribution < 1.29 is 14.1 Å². The third-order valence-electron chi connectivity index (χ3n) is 4.67. The van der Waals surface area contributed by atoms with Crippen LogP contribution in [0.5, 0.6) is 0 Å². The summed E-state index contributed by atoms with van der Waals surface area (Å²) in [6.45, 7) is 1.90. The maximum absolute atomic E-state index is 13.1. The van der Waals surface area contributed by atoms with Gasteiger partial charge in [0.05, 0.1) is 22.9 Å². The molecule has 0 bridgehead atoms. The number of nitrogens with zero attached hydrogens (tertiary/aromatic N) is 3. The normalized spacial score (nSPS) is 11.8. The van der Waals surface area contributed by atoms with Crippen molar-refractivity contribution in [2.45, 2.75) is 13.0 Å². The van der Waals surface area contributed by atoms with Crippen LogP contribution in [0.2, 0.25) is 0 Å². The number of furan rings is 1. The minimum Gasteiger partial charge on any atom is -0.463 e. The SMILES string of the molecule is CC(NC(=O)c1cc(-c2ccco2)nn1-c1ccc([N+](=O)[O-])cc1)c1ccccc1. The summed E-state index contributed by atoms with van der Waals surface area (Å²) in [5.74, 6) is 0.191. The number of rotatable bonds is 6. The maximum atomic E-state index is 13.1. The van der Waals surface area contributed by atoms with E-state index in [1.165, 1.54) is 23.1 Å². The lowest BCUT2D eigenvalue weighted by Crippen LogP contribution is -2.28. The largest absolute Gasteiger partial charge is 0.463 e. The number of carbonyl (C=O) groups excluding carboxylic acids is 1. The van der Waals surface area contributed by atoms with E-state index in [1.807, 2.05) is 37.3 Å². The Labute approximate surface area is 171 Å². The second kappa shape index (κ2) is 8.04. The number of hydrogen-bond donors (Lipinski definition) is 1. The molecule has 0 aliphatic rings. The van der Waals surface area contributed by atoms with Gasteiger partial charge >= 0.3 is 0 Å². The highest BCUT2D eigenvalue weighted by molar-refractivity contribution is 5.94. The van der Waals surface area contributed by atoms with Crippen molar-refractivity contribution in [3.05, 3.63) is 100 Å². The fourth-order valence-electron chi connectivity index (χ4n) is 3.10. The molecule has 1 unspecified atom stereocenters. The Kier molecular flexibility index (Phi) is 5.13. The van der Waals surface area contributed by atoms with E-state index in [-0.39, 0.29) is 23.3 Å². The van der Waals surface area contributed by atoms with Crippen LogP contribution in [0.1, 0.15) is 29.0 Å². The molecule has 0 aliphatic heterocycles. The molecule has 2 aromatic carbocycles. The quantitative estimate of drug-likeness (QED) is 0.377. The number of carbonyl (C=O) groups is 1.